The first-order chi connectivity index (χ1) is 8.28. The van der Waals surface area contributed by atoms with Crippen LogP contribution in [0, 0.1) is 5.41 Å². The van der Waals surface area contributed by atoms with Crippen molar-refractivity contribution in [1.29, 1.82) is 0 Å². The molecule has 0 aliphatic carbocycles. The van der Waals surface area contributed by atoms with Crippen molar-refractivity contribution in [2.75, 3.05) is 27.3 Å². The normalized spacial score (nSPS) is 21.4. The minimum Gasteiger partial charge on any atom is -0.383 e. The number of hydrogen-bond acceptors (Lipinski definition) is 3. The first-order valence-electron chi connectivity index (χ1n) is 6.77. The number of hydrogen-bond donors (Lipinski definition) is 1. The minimum absolute atomic E-state index is 0.224. The molecule has 1 atom stereocenters. The third-order valence-electron chi connectivity index (χ3n) is 4.72. The molecule has 1 N–H and O–H groups in total. The van der Waals surface area contributed by atoms with Crippen LogP contribution in [0.4, 0.5) is 0 Å². The Hall–Kier alpha value is -0.610. The van der Waals surface area contributed by atoms with Gasteiger partial charge in [0.1, 0.15) is 0 Å². The van der Waals surface area contributed by atoms with Gasteiger partial charge in [0.2, 0.25) is 5.91 Å². The topological polar surface area (TPSA) is 41.6 Å². The maximum atomic E-state index is 12.8. The van der Waals surface area contributed by atoms with Crippen molar-refractivity contribution in [2.45, 2.75) is 52.1 Å². The van der Waals surface area contributed by atoms with Crippen LogP contribution in [-0.4, -0.2) is 49.7 Å². The van der Waals surface area contributed by atoms with Crippen LogP contribution in [0.1, 0.15) is 40.5 Å². The molecule has 1 aliphatic rings. The summed E-state index contributed by atoms with van der Waals surface area (Å²) in [4.78, 5) is 14.8. The zero-order chi connectivity index (χ0) is 14.0. The molecule has 1 saturated heterocycles. The summed E-state index contributed by atoms with van der Waals surface area (Å²) in [6.45, 7) is 9.69. The molecule has 0 radical (unpaired) electrons. The maximum Gasteiger partial charge on any atom is 0.230 e. The van der Waals surface area contributed by atoms with E-state index in [0.717, 1.165) is 19.4 Å². The standard InChI is InChI=1S/C14H28N2O2/c1-13(2,14(3,4)15-5)12(17)16-9-7-8-11(16)10-18-6/h11,15H,7-10H2,1-6H3. The number of rotatable bonds is 5. The molecular formula is C14H28N2O2. The summed E-state index contributed by atoms with van der Waals surface area (Å²) in [6, 6.07) is 0.245. The number of carbonyl (C=O) groups excluding carboxylic acids is 1. The Morgan fingerprint density at radius 1 is 1.39 bits per heavy atom. The molecule has 4 heteroatoms. The molecule has 0 spiro atoms. The van der Waals surface area contributed by atoms with Crippen molar-refractivity contribution in [1.82, 2.24) is 10.2 Å². The summed E-state index contributed by atoms with van der Waals surface area (Å²) in [6.07, 6.45) is 2.13. The molecular weight excluding hydrogens is 228 g/mol. The second-order valence-corrected chi connectivity index (χ2v) is 6.25. The van der Waals surface area contributed by atoms with Gasteiger partial charge in [0.05, 0.1) is 18.1 Å². The van der Waals surface area contributed by atoms with Crippen LogP contribution in [0.5, 0.6) is 0 Å². The van der Waals surface area contributed by atoms with Crippen LogP contribution >= 0.6 is 0 Å². The molecule has 4 nitrogen and oxygen atoms in total. The molecule has 1 unspecified atom stereocenters. The van der Waals surface area contributed by atoms with Crippen molar-refractivity contribution >= 4 is 5.91 Å². The Morgan fingerprint density at radius 3 is 2.50 bits per heavy atom. The van der Waals surface area contributed by atoms with E-state index in [1.807, 2.05) is 25.8 Å². The van der Waals surface area contributed by atoms with Crippen LogP contribution < -0.4 is 5.32 Å². The Kier molecular flexibility index (Phi) is 4.78. The average molecular weight is 256 g/mol. The van der Waals surface area contributed by atoms with Gasteiger partial charge in [0.25, 0.3) is 0 Å². The number of ether oxygens (including phenoxy) is 1. The summed E-state index contributed by atoms with van der Waals surface area (Å²) in [5.41, 5.74) is -0.664. The molecule has 0 bridgehead atoms. The predicted molar refractivity (Wildman–Crippen MR) is 73.5 cm³/mol. The summed E-state index contributed by atoms with van der Waals surface area (Å²) in [5, 5.41) is 3.25. The van der Waals surface area contributed by atoms with Gasteiger partial charge in [0, 0.05) is 19.2 Å². The molecule has 1 heterocycles. The second kappa shape index (κ2) is 5.57. The van der Waals surface area contributed by atoms with E-state index < -0.39 is 5.41 Å². The Labute approximate surface area is 111 Å². The maximum absolute atomic E-state index is 12.8. The predicted octanol–water partition coefficient (Wildman–Crippen LogP) is 1.65. The van der Waals surface area contributed by atoms with Crippen LogP contribution in [0.15, 0.2) is 0 Å². The molecule has 1 aliphatic heterocycles. The molecule has 0 aromatic heterocycles. The van der Waals surface area contributed by atoms with E-state index >= 15 is 0 Å². The smallest absolute Gasteiger partial charge is 0.230 e. The lowest BCUT2D eigenvalue weighted by molar-refractivity contribution is -0.146. The number of methoxy groups -OCH3 is 1. The lowest BCUT2D eigenvalue weighted by Crippen LogP contribution is -2.58. The zero-order valence-electron chi connectivity index (χ0n) is 12.7. The number of amides is 1. The Morgan fingerprint density at radius 2 is 2.00 bits per heavy atom. The van der Waals surface area contributed by atoms with Crippen LogP contribution in [0.25, 0.3) is 0 Å². The van der Waals surface area contributed by atoms with Gasteiger partial charge >= 0.3 is 0 Å². The first-order valence-corrected chi connectivity index (χ1v) is 6.77. The van der Waals surface area contributed by atoms with Gasteiger partial charge in [-0.05, 0) is 47.6 Å². The number of nitrogens with one attached hydrogen (secondary N) is 1. The van der Waals surface area contributed by atoms with E-state index in [9.17, 15) is 4.79 Å². The van der Waals surface area contributed by atoms with Gasteiger partial charge in [-0.25, -0.2) is 0 Å². The molecule has 106 valence electrons. The van der Waals surface area contributed by atoms with Crippen molar-refractivity contribution in [2.24, 2.45) is 5.41 Å². The van der Waals surface area contributed by atoms with E-state index in [1.54, 1.807) is 7.11 Å². The largest absolute Gasteiger partial charge is 0.383 e. The average Bonchev–Trinajstić information content (AvgIpc) is 2.76. The molecule has 18 heavy (non-hydrogen) atoms. The summed E-state index contributed by atoms with van der Waals surface area (Å²) in [5.74, 6) is 0.224. The van der Waals surface area contributed by atoms with E-state index in [1.165, 1.54) is 0 Å². The molecule has 0 aromatic rings. The molecule has 1 rings (SSSR count). The van der Waals surface area contributed by atoms with E-state index in [-0.39, 0.29) is 17.5 Å². The summed E-state index contributed by atoms with van der Waals surface area (Å²) >= 11 is 0. The fourth-order valence-electron chi connectivity index (χ4n) is 2.41. The van der Waals surface area contributed by atoms with Crippen LogP contribution in [0.3, 0.4) is 0 Å². The van der Waals surface area contributed by atoms with Crippen molar-refractivity contribution in [3.05, 3.63) is 0 Å². The Bertz CT molecular complexity index is 300. The highest BCUT2D eigenvalue weighted by Gasteiger charge is 2.46. The second-order valence-electron chi connectivity index (χ2n) is 6.25. The van der Waals surface area contributed by atoms with Gasteiger partial charge in [-0.15, -0.1) is 0 Å². The highest BCUT2D eigenvalue weighted by molar-refractivity contribution is 5.84. The molecule has 1 fully saturated rings. The first kappa shape index (κ1) is 15.4. The number of carbonyl (C=O) groups is 1. The van der Waals surface area contributed by atoms with Crippen molar-refractivity contribution < 1.29 is 9.53 Å². The van der Waals surface area contributed by atoms with Gasteiger partial charge < -0.3 is 15.0 Å². The highest BCUT2D eigenvalue weighted by atomic mass is 16.5. The molecule has 0 saturated carbocycles. The van der Waals surface area contributed by atoms with Crippen LogP contribution in [0.2, 0.25) is 0 Å². The van der Waals surface area contributed by atoms with Gasteiger partial charge in [-0.3, -0.25) is 4.79 Å². The van der Waals surface area contributed by atoms with Gasteiger partial charge in [-0.2, -0.15) is 0 Å². The van der Waals surface area contributed by atoms with Crippen LogP contribution in [-0.2, 0) is 9.53 Å². The SMILES string of the molecule is CNC(C)(C)C(C)(C)C(=O)N1CCCC1COC. The van der Waals surface area contributed by atoms with E-state index in [2.05, 4.69) is 19.2 Å². The third-order valence-corrected chi connectivity index (χ3v) is 4.72. The van der Waals surface area contributed by atoms with E-state index in [0.29, 0.717) is 6.61 Å². The van der Waals surface area contributed by atoms with Crippen molar-refractivity contribution in [3.8, 4) is 0 Å². The van der Waals surface area contributed by atoms with Gasteiger partial charge in [0.15, 0.2) is 0 Å². The van der Waals surface area contributed by atoms with Gasteiger partial charge in [-0.1, -0.05) is 0 Å². The number of nitrogens with zero attached hydrogens (tertiary/aromatic N) is 1. The molecule has 1 amide bonds. The monoisotopic (exact) mass is 256 g/mol. The minimum atomic E-state index is -0.432. The lowest BCUT2D eigenvalue weighted by atomic mass is 9.73. The zero-order valence-corrected chi connectivity index (χ0v) is 12.7. The summed E-state index contributed by atoms with van der Waals surface area (Å²) < 4.78 is 5.22. The fourth-order valence-corrected chi connectivity index (χ4v) is 2.41. The number of likely N-dealkylation sites (tertiary alicyclic amines) is 1. The quantitative estimate of drug-likeness (QED) is 0.813. The third kappa shape index (κ3) is 2.69. The lowest BCUT2D eigenvalue weighted by Gasteiger charge is -2.43. The Balaban J connectivity index is 2.86. The molecule has 0 aromatic carbocycles. The summed E-state index contributed by atoms with van der Waals surface area (Å²) in [7, 11) is 3.61. The van der Waals surface area contributed by atoms with Crippen molar-refractivity contribution in [3.63, 3.8) is 0 Å². The van der Waals surface area contributed by atoms with E-state index in [4.69, 9.17) is 4.74 Å². The fraction of sp³-hybridized carbons (Fsp3) is 0.929. The highest BCUT2D eigenvalue weighted by Crippen LogP contribution is 2.34.